The lowest BCUT2D eigenvalue weighted by molar-refractivity contribution is -0.575. The largest absolute Gasteiger partial charge is 0.493 e. The number of benzene rings is 2. The Morgan fingerprint density at radius 3 is 2.55 bits per heavy atom. The van der Waals surface area contributed by atoms with Crippen LogP contribution in [0.1, 0.15) is 53.4 Å². The molecule has 4 heterocycles. The Morgan fingerprint density at radius 2 is 1.75 bits per heavy atom. The maximum Gasteiger partial charge on any atom is 0.352 e. The van der Waals surface area contributed by atoms with Gasteiger partial charge in [-0.05, 0) is 69.2 Å². The topological polar surface area (TPSA) is 90.9 Å². The van der Waals surface area contributed by atoms with E-state index in [4.69, 9.17) is 38.2 Å². The van der Waals surface area contributed by atoms with E-state index in [-0.39, 0.29) is 17.8 Å². The highest BCUT2D eigenvalue weighted by atomic mass is 17.3. The maximum atomic E-state index is 12.7. The number of hydrogen-bond donors (Lipinski definition) is 0. The van der Waals surface area contributed by atoms with Gasteiger partial charge in [-0.25, -0.2) is 14.6 Å². The van der Waals surface area contributed by atoms with Crippen LogP contribution in [0, 0.1) is 23.7 Å². The second-order valence-electron chi connectivity index (χ2n) is 11.7. The van der Waals surface area contributed by atoms with Gasteiger partial charge in [0.15, 0.2) is 29.5 Å². The van der Waals surface area contributed by atoms with Crippen LogP contribution in [0.2, 0.25) is 0 Å². The van der Waals surface area contributed by atoms with E-state index in [1.165, 1.54) is 7.11 Å². The normalized spacial score (nSPS) is 37.0. The lowest BCUT2D eigenvalue weighted by Gasteiger charge is -2.60. The molecule has 1 saturated carbocycles. The Bertz CT molecular complexity index is 1230. The molecule has 40 heavy (non-hydrogen) atoms. The summed E-state index contributed by atoms with van der Waals surface area (Å²) in [6, 6.07) is 14.2. The first kappa shape index (κ1) is 27.3. The Morgan fingerprint density at radius 1 is 0.975 bits per heavy atom. The summed E-state index contributed by atoms with van der Waals surface area (Å²) in [6.45, 7) is 7.99. The number of rotatable bonds is 7. The van der Waals surface area contributed by atoms with Crippen molar-refractivity contribution in [3.63, 3.8) is 0 Å². The summed E-state index contributed by atoms with van der Waals surface area (Å²) in [5.74, 6) is 1.43. The monoisotopic (exact) mass is 554 g/mol. The zero-order chi connectivity index (χ0) is 28.1. The highest BCUT2D eigenvalue weighted by Gasteiger charge is 2.69. The number of ether oxygens (including phenoxy) is 6. The van der Waals surface area contributed by atoms with Gasteiger partial charge in [0.1, 0.15) is 11.5 Å². The van der Waals surface area contributed by atoms with Crippen LogP contribution in [0.4, 0.5) is 0 Å². The number of methoxy groups -OCH3 is 1. The molecule has 1 aliphatic carbocycles. The van der Waals surface area contributed by atoms with Crippen molar-refractivity contribution >= 4 is 5.97 Å². The molecule has 2 bridgehead atoms. The molecule has 4 aliphatic heterocycles. The minimum Gasteiger partial charge on any atom is -0.493 e. The lowest BCUT2D eigenvalue weighted by Crippen LogP contribution is -2.70. The van der Waals surface area contributed by atoms with E-state index in [1.54, 1.807) is 43.3 Å². The van der Waals surface area contributed by atoms with Crippen molar-refractivity contribution in [2.45, 2.75) is 83.5 Å². The van der Waals surface area contributed by atoms with Crippen molar-refractivity contribution in [2.24, 2.45) is 23.7 Å². The third-order valence-corrected chi connectivity index (χ3v) is 9.08. The molecule has 5 aliphatic rings. The van der Waals surface area contributed by atoms with Crippen molar-refractivity contribution in [1.82, 2.24) is 0 Å². The average molecular weight is 555 g/mol. The lowest BCUT2D eigenvalue weighted by atomic mass is 9.58. The predicted octanol–water partition coefficient (Wildman–Crippen LogP) is 5.65. The fourth-order valence-corrected chi connectivity index (χ4v) is 6.91. The molecule has 216 valence electrons. The van der Waals surface area contributed by atoms with E-state index in [0.717, 1.165) is 25.7 Å². The van der Waals surface area contributed by atoms with Gasteiger partial charge < -0.3 is 28.4 Å². The van der Waals surface area contributed by atoms with Gasteiger partial charge in [-0.3, -0.25) is 0 Å². The molecule has 9 atom stereocenters. The van der Waals surface area contributed by atoms with Crippen molar-refractivity contribution in [2.75, 3.05) is 7.11 Å². The molecular formula is C31H38O9. The molecule has 7 rings (SSSR count). The van der Waals surface area contributed by atoms with Crippen molar-refractivity contribution in [3.05, 3.63) is 48.5 Å². The zero-order valence-electron chi connectivity index (χ0n) is 23.7. The van der Waals surface area contributed by atoms with Gasteiger partial charge in [-0.15, -0.1) is 0 Å². The molecule has 2 aromatic carbocycles. The smallest absolute Gasteiger partial charge is 0.352 e. The molecular weight excluding hydrogens is 516 g/mol. The summed E-state index contributed by atoms with van der Waals surface area (Å²) in [4.78, 5) is 24.8. The van der Waals surface area contributed by atoms with E-state index in [0.29, 0.717) is 28.9 Å². The minimum atomic E-state index is -0.862. The van der Waals surface area contributed by atoms with Crippen LogP contribution in [0.3, 0.4) is 0 Å². The van der Waals surface area contributed by atoms with Crippen LogP contribution in [0.5, 0.6) is 23.0 Å². The SMILES string of the molecule is COc1ccccc1OC(=O)C(C)Oc1cccc(O[C@H]2O[C@@H]3O[C@]4(C)CC[C@H]5[C@H](C)CC[C@@H]([C@H]2C)[C@@]35OO4)c1. The zero-order valence-corrected chi connectivity index (χ0v) is 23.7. The van der Waals surface area contributed by atoms with Crippen LogP contribution in [-0.4, -0.2) is 43.2 Å². The molecule has 0 aromatic heterocycles. The number of carbonyl (C=O) groups excluding carboxylic acids is 1. The number of carbonyl (C=O) groups is 1. The van der Waals surface area contributed by atoms with Crippen LogP contribution in [-0.2, 0) is 24.0 Å². The van der Waals surface area contributed by atoms with Crippen LogP contribution in [0.15, 0.2) is 48.5 Å². The van der Waals surface area contributed by atoms with Crippen LogP contribution < -0.4 is 18.9 Å². The van der Waals surface area contributed by atoms with Crippen molar-refractivity contribution in [1.29, 1.82) is 0 Å². The Balaban J connectivity index is 1.16. The van der Waals surface area contributed by atoms with Gasteiger partial charge in [-0.2, -0.15) is 0 Å². The van der Waals surface area contributed by atoms with Crippen molar-refractivity contribution in [3.8, 4) is 23.0 Å². The summed E-state index contributed by atoms with van der Waals surface area (Å²) in [6.07, 6.45) is 1.83. The molecule has 9 heteroatoms. The second-order valence-corrected chi connectivity index (χ2v) is 11.7. The number of fused-ring (bicyclic) bond motifs is 2. The molecule has 9 nitrogen and oxygen atoms in total. The predicted molar refractivity (Wildman–Crippen MR) is 143 cm³/mol. The van der Waals surface area contributed by atoms with E-state index >= 15 is 0 Å². The molecule has 1 unspecified atom stereocenters. The molecule has 2 aromatic rings. The first-order chi connectivity index (χ1) is 19.2. The summed E-state index contributed by atoms with van der Waals surface area (Å²) in [7, 11) is 1.52. The number of para-hydroxylation sites is 2. The molecule has 1 spiro atoms. The molecule has 4 saturated heterocycles. The maximum absolute atomic E-state index is 12.7. The van der Waals surface area contributed by atoms with Gasteiger partial charge in [0.2, 0.25) is 12.1 Å². The molecule has 0 N–H and O–H groups in total. The van der Waals surface area contributed by atoms with Gasteiger partial charge in [0.25, 0.3) is 0 Å². The average Bonchev–Trinajstić information content (AvgIpc) is 3.17. The highest BCUT2D eigenvalue weighted by Crippen LogP contribution is 2.60. The van der Waals surface area contributed by atoms with Crippen LogP contribution >= 0.6 is 0 Å². The Hall–Kier alpha value is -2.85. The summed E-state index contributed by atoms with van der Waals surface area (Å²) in [5.41, 5.74) is -0.644. The second kappa shape index (κ2) is 10.5. The molecule has 0 amide bonds. The van der Waals surface area contributed by atoms with Gasteiger partial charge >= 0.3 is 5.97 Å². The van der Waals surface area contributed by atoms with Crippen LogP contribution in [0.25, 0.3) is 0 Å². The van der Waals surface area contributed by atoms with E-state index in [1.807, 2.05) is 19.1 Å². The Labute approximate surface area is 234 Å². The first-order valence-corrected chi connectivity index (χ1v) is 14.2. The fraction of sp³-hybridized carbons (Fsp3) is 0.581. The summed E-state index contributed by atoms with van der Waals surface area (Å²) < 4.78 is 36.0. The van der Waals surface area contributed by atoms with E-state index in [9.17, 15) is 4.79 Å². The third-order valence-electron chi connectivity index (χ3n) is 9.08. The van der Waals surface area contributed by atoms with Gasteiger partial charge in [0, 0.05) is 24.3 Å². The van der Waals surface area contributed by atoms with Gasteiger partial charge in [-0.1, -0.05) is 32.0 Å². The summed E-state index contributed by atoms with van der Waals surface area (Å²) >= 11 is 0. The standard InChI is InChI=1S/C31H38O9/c1-18-13-14-24-19(2)28(37-29-31(24)23(18)15-16-30(4,38-29)39-40-31)35-22-10-8-9-21(17-22)34-20(3)27(32)36-26-12-7-6-11-25(26)33-5/h6-12,17-20,23-24,28-29H,13-16H2,1-5H3/t18-,19-,20?,23+,24+,28+,29-,30+,31-/m1/s1. The van der Waals surface area contributed by atoms with E-state index in [2.05, 4.69) is 13.8 Å². The minimum absolute atomic E-state index is 0.0280. The molecule has 0 radical (unpaired) electrons. The van der Waals surface area contributed by atoms with Crippen molar-refractivity contribution < 1.29 is 43.0 Å². The van der Waals surface area contributed by atoms with E-state index < -0.39 is 36.0 Å². The van der Waals surface area contributed by atoms with Gasteiger partial charge in [0.05, 0.1) is 7.11 Å². The summed E-state index contributed by atoms with van der Waals surface area (Å²) in [5, 5.41) is 0. The Kier molecular flexibility index (Phi) is 7.19. The first-order valence-electron chi connectivity index (χ1n) is 14.2. The fourth-order valence-electron chi connectivity index (χ4n) is 6.91. The quantitative estimate of drug-likeness (QED) is 0.244. The highest BCUT2D eigenvalue weighted by molar-refractivity contribution is 5.77. The third kappa shape index (κ3) is 4.72. The molecule has 5 fully saturated rings. The number of hydrogen-bond acceptors (Lipinski definition) is 9. The number of esters is 1.